The van der Waals surface area contributed by atoms with Crippen molar-refractivity contribution in [1.82, 2.24) is 24.5 Å². The van der Waals surface area contributed by atoms with Gasteiger partial charge in [0.2, 0.25) is 10.0 Å². The minimum absolute atomic E-state index is 0.115. The molecule has 1 N–H and O–H groups in total. The van der Waals surface area contributed by atoms with Crippen molar-refractivity contribution in [2.45, 2.75) is 18.8 Å². The van der Waals surface area contributed by atoms with Gasteiger partial charge >= 0.3 is 0 Å². The summed E-state index contributed by atoms with van der Waals surface area (Å²) in [6.07, 6.45) is 6.63. The summed E-state index contributed by atoms with van der Waals surface area (Å²) < 4.78 is 25.3. The molecule has 1 atom stereocenters. The van der Waals surface area contributed by atoms with Crippen molar-refractivity contribution in [3.8, 4) is 0 Å². The largest absolute Gasteiger partial charge is 0.364 e. The molecule has 4 heterocycles. The third kappa shape index (κ3) is 2.47. The van der Waals surface area contributed by atoms with Gasteiger partial charge in [-0.3, -0.25) is 0 Å². The first-order valence-electron chi connectivity index (χ1n) is 7.57. The van der Waals surface area contributed by atoms with Crippen molar-refractivity contribution >= 4 is 32.0 Å². The van der Waals surface area contributed by atoms with E-state index in [1.54, 1.807) is 10.5 Å². The Bertz CT molecular complexity index is 982. The number of hydrogen-bond donors (Lipinski definition) is 1. The van der Waals surface area contributed by atoms with E-state index in [0.717, 1.165) is 34.8 Å². The second-order valence-corrected chi connectivity index (χ2v) is 7.98. The molecule has 120 valence electrons. The van der Waals surface area contributed by atoms with Gasteiger partial charge < -0.3 is 4.98 Å². The predicted octanol–water partition coefficient (Wildman–Crippen LogP) is 1.65. The van der Waals surface area contributed by atoms with Gasteiger partial charge in [-0.2, -0.15) is 0 Å². The third-order valence-electron chi connectivity index (χ3n) is 4.47. The first-order chi connectivity index (χ1) is 11.0. The quantitative estimate of drug-likeness (QED) is 0.771. The number of nitrogens with one attached hydrogen (secondary N) is 1. The normalized spacial score (nSPS) is 20.3. The van der Waals surface area contributed by atoms with Crippen molar-refractivity contribution in [1.29, 1.82) is 0 Å². The number of fused-ring (bicyclic) bond motifs is 3. The Morgan fingerprint density at radius 2 is 2.17 bits per heavy atom. The van der Waals surface area contributed by atoms with Crippen molar-refractivity contribution < 1.29 is 8.42 Å². The zero-order chi connectivity index (χ0) is 16.0. The van der Waals surface area contributed by atoms with Gasteiger partial charge in [-0.25, -0.2) is 17.7 Å². The molecule has 0 aliphatic carbocycles. The van der Waals surface area contributed by atoms with E-state index in [4.69, 9.17) is 0 Å². The van der Waals surface area contributed by atoms with Crippen LogP contribution in [0, 0.1) is 0 Å². The fourth-order valence-electron chi connectivity index (χ4n) is 3.37. The number of pyridine rings is 1. The van der Waals surface area contributed by atoms with E-state index < -0.39 is 10.0 Å². The van der Waals surface area contributed by atoms with Crippen LogP contribution in [0.2, 0.25) is 0 Å². The molecule has 4 rings (SSSR count). The highest BCUT2D eigenvalue weighted by atomic mass is 32.2. The number of rotatable bonds is 2. The summed E-state index contributed by atoms with van der Waals surface area (Å²) in [5.74, 6) is 0.115. The number of sulfonamides is 1. The highest BCUT2D eigenvalue weighted by molar-refractivity contribution is 7.88. The lowest BCUT2D eigenvalue weighted by atomic mass is 9.92. The Labute approximate surface area is 133 Å². The summed E-state index contributed by atoms with van der Waals surface area (Å²) in [7, 11) is -3.17. The summed E-state index contributed by atoms with van der Waals surface area (Å²) in [6.45, 7) is 1.08. The van der Waals surface area contributed by atoms with Gasteiger partial charge in [0.1, 0.15) is 0 Å². The number of H-pyrrole nitrogens is 1. The third-order valence-corrected chi connectivity index (χ3v) is 5.74. The van der Waals surface area contributed by atoms with Crippen LogP contribution in [0.5, 0.6) is 0 Å². The lowest BCUT2D eigenvalue weighted by molar-refractivity contribution is 0.315. The van der Waals surface area contributed by atoms with Crippen molar-refractivity contribution in [2.75, 3.05) is 19.3 Å². The van der Waals surface area contributed by atoms with Crippen LogP contribution in [0.25, 0.3) is 21.9 Å². The minimum Gasteiger partial charge on any atom is -0.364 e. The maximum Gasteiger partial charge on any atom is 0.211 e. The summed E-state index contributed by atoms with van der Waals surface area (Å²) >= 11 is 0. The number of nitrogens with zero attached hydrogens (tertiary/aromatic N) is 4. The standard InChI is InChI=1S/C15H17N5O2S/c1-23(21,22)20-8-2-3-10(9-20)14-13-11-4-6-17-15(11)19-18-12(13)5-7-16-14/h4-7,10,16H,2-3,8-9H2,1H3. The van der Waals surface area contributed by atoms with E-state index in [9.17, 15) is 8.42 Å². The number of aromatic nitrogens is 4. The number of aromatic amines is 1. The molecule has 0 spiro atoms. The van der Waals surface area contributed by atoms with Crippen LogP contribution < -0.4 is 0 Å². The van der Waals surface area contributed by atoms with Gasteiger partial charge in [0, 0.05) is 47.9 Å². The van der Waals surface area contributed by atoms with Gasteiger partial charge in [-0.15, -0.1) is 10.2 Å². The molecule has 1 unspecified atom stereocenters. The molecule has 1 aliphatic rings. The average Bonchev–Trinajstić information content (AvgIpc) is 3.02. The molecule has 3 aromatic rings. The van der Waals surface area contributed by atoms with Crippen LogP contribution in [0.15, 0.2) is 24.5 Å². The molecule has 1 aliphatic heterocycles. The summed E-state index contributed by atoms with van der Waals surface area (Å²) in [5.41, 5.74) is 2.44. The molecule has 1 fully saturated rings. The van der Waals surface area contributed by atoms with Crippen LogP contribution in [0.1, 0.15) is 24.5 Å². The second-order valence-electron chi connectivity index (χ2n) is 5.99. The topological polar surface area (TPSA) is 91.8 Å². The molecule has 0 bridgehead atoms. The van der Waals surface area contributed by atoms with E-state index in [-0.39, 0.29) is 5.92 Å². The Kier molecular flexibility index (Phi) is 3.31. The molecular formula is C15H17N5O2S. The Balaban J connectivity index is 1.86. The van der Waals surface area contributed by atoms with E-state index in [2.05, 4.69) is 20.2 Å². The molecular weight excluding hydrogens is 314 g/mol. The Morgan fingerprint density at radius 3 is 3.00 bits per heavy atom. The molecule has 7 nitrogen and oxygen atoms in total. The lowest BCUT2D eigenvalue weighted by Crippen LogP contribution is -2.38. The van der Waals surface area contributed by atoms with E-state index in [0.29, 0.717) is 18.7 Å². The SMILES string of the molecule is CS(=O)(=O)N1CCCC(c2[nH]ccc3nnc4nccc4c23)C1. The summed E-state index contributed by atoms with van der Waals surface area (Å²) in [5, 5.41) is 10.3. The lowest BCUT2D eigenvalue weighted by Gasteiger charge is -2.31. The van der Waals surface area contributed by atoms with Gasteiger partial charge in [-0.05, 0) is 25.0 Å². The van der Waals surface area contributed by atoms with Gasteiger partial charge in [-0.1, -0.05) is 0 Å². The van der Waals surface area contributed by atoms with Crippen LogP contribution in [0.3, 0.4) is 0 Å². The highest BCUT2D eigenvalue weighted by Crippen LogP contribution is 2.33. The van der Waals surface area contributed by atoms with Crippen LogP contribution in [0.4, 0.5) is 0 Å². The summed E-state index contributed by atoms with van der Waals surface area (Å²) in [4.78, 5) is 7.53. The first-order valence-corrected chi connectivity index (χ1v) is 9.42. The summed E-state index contributed by atoms with van der Waals surface area (Å²) in [6, 6.07) is 3.82. The molecule has 8 heteroatoms. The smallest absolute Gasteiger partial charge is 0.211 e. The van der Waals surface area contributed by atoms with Crippen molar-refractivity contribution in [3.63, 3.8) is 0 Å². The van der Waals surface area contributed by atoms with Crippen LogP contribution in [-0.2, 0) is 10.0 Å². The zero-order valence-corrected chi connectivity index (χ0v) is 13.5. The predicted molar refractivity (Wildman–Crippen MR) is 87.6 cm³/mol. The molecule has 3 aromatic heterocycles. The number of piperidine rings is 1. The fourth-order valence-corrected chi connectivity index (χ4v) is 4.29. The maximum absolute atomic E-state index is 11.9. The first kappa shape index (κ1) is 14.5. The molecule has 0 aromatic carbocycles. The second kappa shape index (κ2) is 5.24. The molecule has 23 heavy (non-hydrogen) atoms. The van der Waals surface area contributed by atoms with Crippen molar-refractivity contribution in [3.05, 3.63) is 30.2 Å². The molecule has 0 amide bonds. The van der Waals surface area contributed by atoms with E-state index >= 15 is 0 Å². The molecule has 0 saturated carbocycles. The van der Waals surface area contributed by atoms with E-state index in [1.807, 2.05) is 18.3 Å². The minimum atomic E-state index is -3.17. The van der Waals surface area contributed by atoms with Gasteiger partial charge in [0.25, 0.3) is 0 Å². The van der Waals surface area contributed by atoms with Crippen LogP contribution >= 0.6 is 0 Å². The Morgan fingerprint density at radius 1 is 1.30 bits per heavy atom. The number of hydrogen-bond acceptors (Lipinski definition) is 5. The van der Waals surface area contributed by atoms with Crippen LogP contribution in [-0.4, -0.2) is 52.2 Å². The van der Waals surface area contributed by atoms with Gasteiger partial charge in [0.15, 0.2) is 5.65 Å². The van der Waals surface area contributed by atoms with Gasteiger partial charge in [0.05, 0.1) is 11.8 Å². The fraction of sp³-hybridized carbons (Fsp3) is 0.400. The van der Waals surface area contributed by atoms with E-state index in [1.165, 1.54) is 6.26 Å². The monoisotopic (exact) mass is 331 g/mol. The highest BCUT2D eigenvalue weighted by Gasteiger charge is 2.28. The molecule has 0 radical (unpaired) electrons. The zero-order valence-electron chi connectivity index (χ0n) is 12.7. The molecule has 1 saturated heterocycles. The average molecular weight is 331 g/mol. The Hall–Kier alpha value is -2.06. The van der Waals surface area contributed by atoms with Crippen molar-refractivity contribution in [2.24, 2.45) is 0 Å². The maximum atomic E-state index is 11.9.